The lowest BCUT2D eigenvalue weighted by molar-refractivity contribution is 0.0632. The molecule has 4 rings (SSSR count). The van der Waals surface area contributed by atoms with Crippen molar-refractivity contribution in [2.24, 2.45) is 5.92 Å². The van der Waals surface area contributed by atoms with Crippen LogP contribution in [0.1, 0.15) is 28.8 Å². The van der Waals surface area contributed by atoms with E-state index >= 15 is 0 Å². The topological polar surface area (TPSA) is 104 Å². The third kappa shape index (κ3) is 3.99. The van der Waals surface area contributed by atoms with Gasteiger partial charge in [-0.1, -0.05) is 0 Å². The second kappa shape index (κ2) is 8.19. The molecule has 29 heavy (non-hydrogen) atoms. The number of aromatic nitrogens is 3. The van der Waals surface area contributed by atoms with Gasteiger partial charge in [-0.2, -0.15) is 20.7 Å². The fourth-order valence-corrected chi connectivity index (χ4v) is 3.61. The van der Waals surface area contributed by atoms with Gasteiger partial charge < -0.3 is 14.4 Å². The first-order valence-corrected chi connectivity index (χ1v) is 9.48. The highest BCUT2D eigenvalue weighted by Crippen LogP contribution is 2.29. The summed E-state index contributed by atoms with van der Waals surface area (Å²) in [7, 11) is 1.55. The number of carbonyl (C=O) groups is 1. The molecule has 0 aliphatic carbocycles. The summed E-state index contributed by atoms with van der Waals surface area (Å²) in [6, 6.07) is 12.5. The lowest BCUT2D eigenvalue weighted by Gasteiger charge is -2.32. The highest BCUT2D eigenvalue weighted by molar-refractivity contribution is 5.97. The molecule has 2 heterocycles. The second-order valence-corrected chi connectivity index (χ2v) is 7.07. The molecule has 8 nitrogen and oxygen atoms in total. The molecule has 148 valence electrons. The van der Waals surface area contributed by atoms with Crippen LogP contribution in [0.25, 0.3) is 11.0 Å². The number of nitrogens with zero attached hydrogens (tertiary/aromatic N) is 4. The zero-order chi connectivity index (χ0) is 20.2. The van der Waals surface area contributed by atoms with Crippen LogP contribution < -0.4 is 9.47 Å². The fourth-order valence-electron chi connectivity index (χ4n) is 3.61. The van der Waals surface area contributed by atoms with Crippen molar-refractivity contribution in [2.45, 2.75) is 12.8 Å². The van der Waals surface area contributed by atoms with Crippen LogP contribution in [-0.2, 0) is 0 Å². The summed E-state index contributed by atoms with van der Waals surface area (Å²) in [5.74, 6) is 1.36. The maximum Gasteiger partial charge on any atom is 0.253 e. The van der Waals surface area contributed by atoms with Gasteiger partial charge in [-0.25, -0.2) is 0 Å². The van der Waals surface area contributed by atoms with Crippen LogP contribution in [0.4, 0.5) is 0 Å². The van der Waals surface area contributed by atoms with Crippen LogP contribution in [0.3, 0.4) is 0 Å². The minimum Gasteiger partial charge on any atom is -0.493 e. The fraction of sp³-hybridized carbons (Fsp3) is 0.333. The van der Waals surface area contributed by atoms with Crippen LogP contribution >= 0.6 is 0 Å². The van der Waals surface area contributed by atoms with Gasteiger partial charge in [0.2, 0.25) is 0 Å². The predicted octanol–water partition coefficient (Wildman–Crippen LogP) is 2.77. The lowest BCUT2D eigenvalue weighted by atomic mass is 9.98. The molecule has 8 heteroatoms. The average Bonchev–Trinajstić information content (AvgIpc) is 3.25. The normalized spacial score (nSPS) is 16.4. The van der Waals surface area contributed by atoms with Gasteiger partial charge in [0.15, 0.2) is 11.5 Å². The smallest absolute Gasteiger partial charge is 0.253 e. The maximum absolute atomic E-state index is 12.9. The molecular formula is C21H21N5O3. The molecule has 0 spiro atoms. The molecule has 1 amide bonds. The summed E-state index contributed by atoms with van der Waals surface area (Å²) in [6.07, 6.45) is 1.92. The molecule has 1 aliphatic rings. The maximum atomic E-state index is 12.9. The molecule has 0 bridgehead atoms. The van der Waals surface area contributed by atoms with E-state index in [1.165, 1.54) is 0 Å². The van der Waals surface area contributed by atoms with Crippen molar-refractivity contribution >= 4 is 16.9 Å². The Morgan fingerprint density at radius 1 is 1.24 bits per heavy atom. The molecule has 2 aromatic carbocycles. The number of fused-ring (bicyclic) bond motifs is 1. The first-order chi connectivity index (χ1) is 14.2. The second-order valence-electron chi connectivity index (χ2n) is 7.07. The Morgan fingerprint density at radius 2 is 2.10 bits per heavy atom. The Hall–Kier alpha value is -3.60. The number of H-pyrrole nitrogens is 1. The third-order valence-corrected chi connectivity index (χ3v) is 5.14. The third-order valence-electron chi connectivity index (χ3n) is 5.14. The van der Waals surface area contributed by atoms with E-state index in [-0.39, 0.29) is 11.8 Å². The van der Waals surface area contributed by atoms with E-state index in [1.807, 2.05) is 4.90 Å². The van der Waals surface area contributed by atoms with E-state index in [0.29, 0.717) is 41.3 Å². The van der Waals surface area contributed by atoms with Gasteiger partial charge in [-0.15, -0.1) is 0 Å². The first-order valence-electron chi connectivity index (χ1n) is 9.48. The van der Waals surface area contributed by atoms with Crippen LogP contribution in [0, 0.1) is 17.2 Å². The Labute approximate surface area is 168 Å². The molecule has 1 aromatic heterocycles. The molecule has 3 aromatic rings. The number of piperidine rings is 1. The van der Waals surface area contributed by atoms with Crippen LogP contribution in [0.15, 0.2) is 36.4 Å². The van der Waals surface area contributed by atoms with Gasteiger partial charge in [-0.05, 0) is 43.2 Å². The molecular weight excluding hydrogens is 370 g/mol. The zero-order valence-corrected chi connectivity index (χ0v) is 16.1. The Balaban J connectivity index is 1.40. The first kappa shape index (κ1) is 18.7. The number of hydrogen-bond acceptors (Lipinski definition) is 6. The Kier molecular flexibility index (Phi) is 5.29. The van der Waals surface area contributed by atoms with E-state index in [4.69, 9.17) is 14.7 Å². The van der Waals surface area contributed by atoms with Gasteiger partial charge in [-0.3, -0.25) is 4.79 Å². The highest BCUT2D eigenvalue weighted by Gasteiger charge is 2.25. The van der Waals surface area contributed by atoms with Crippen molar-refractivity contribution in [2.75, 3.05) is 26.8 Å². The number of rotatable bonds is 5. The number of nitriles is 1. The summed E-state index contributed by atoms with van der Waals surface area (Å²) in [4.78, 5) is 14.8. The summed E-state index contributed by atoms with van der Waals surface area (Å²) >= 11 is 0. The zero-order valence-electron chi connectivity index (χ0n) is 16.1. The number of benzene rings is 2. The van der Waals surface area contributed by atoms with Gasteiger partial charge in [0, 0.05) is 30.6 Å². The molecule has 1 saturated heterocycles. The predicted molar refractivity (Wildman–Crippen MR) is 106 cm³/mol. The molecule has 1 unspecified atom stereocenters. The number of methoxy groups -OCH3 is 1. The summed E-state index contributed by atoms with van der Waals surface area (Å²) < 4.78 is 11.3. The summed E-state index contributed by atoms with van der Waals surface area (Å²) in [6.45, 7) is 1.84. The quantitative estimate of drug-likeness (QED) is 0.717. The van der Waals surface area contributed by atoms with Gasteiger partial charge in [0.25, 0.3) is 5.91 Å². The number of hydrogen-bond donors (Lipinski definition) is 1. The van der Waals surface area contributed by atoms with Crippen molar-refractivity contribution < 1.29 is 14.3 Å². The average molecular weight is 391 g/mol. The molecule has 1 aliphatic heterocycles. The van der Waals surface area contributed by atoms with E-state index in [0.717, 1.165) is 24.9 Å². The molecule has 1 fully saturated rings. The van der Waals surface area contributed by atoms with Gasteiger partial charge >= 0.3 is 0 Å². The number of aromatic amines is 1. The largest absolute Gasteiger partial charge is 0.493 e. The monoisotopic (exact) mass is 391 g/mol. The summed E-state index contributed by atoms with van der Waals surface area (Å²) in [5.41, 5.74) is 2.55. The Bertz CT molecular complexity index is 1070. The minimum atomic E-state index is -0.00412. The number of ether oxygens (including phenoxy) is 2. The SMILES string of the molecule is COc1cc(C#N)ccc1OCC1CCCN(C(=O)c2ccc3n[nH]nc3c2)C1. The van der Waals surface area contributed by atoms with Crippen molar-refractivity contribution in [1.29, 1.82) is 5.26 Å². The van der Waals surface area contributed by atoms with Crippen LogP contribution in [0.5, 0.6) is 11.5 Å². The highest BCUT2D eigenvalue weighted by atomic mass is 16.5. The van der Waals surface area contributed by atoms with Crippen molar-refractivity contribution in [3.05, 3.63) is 47.5 Å². The van der Waals surface area contributed by atoms with E-state index in [1.54, 1.807) is 43.5 Å². The Morgan fingerprint density at radius 3 is 2.93 bits per heavy atom. The number of likely N-dealkylation sites (tertiary alicyclic amines) is 1. The molecule has 1 atom stereocenters. The van der Waals surface area contributed by atoms with Crippen LogP contribution in [-0.4, -0.2) is 53.0 Å². The van der Waals surface area contributed by atoms with Gasteiger partial charge in [0.05, 0.1) is 25.3 Å². The standard InChI is InChI=1S/C21H21N5O3/c1-28-20-9-14(11-22)4-7-19(20)29-13-15-3-2-8-26(12-15)21(27)16-5-6-17-18(10-16)24-25-23-17/h4-7,9-10,15H,2-3,8,12-13H2,1H3,(H,23,24,25). The van der Waals surface area contributed by atoms with Crippen molar-refractivity contribution in [3.63, 3.8) is 0 Å². The minimum absolute atomic E-state index is 0.00412. The summed E-state index contributed by atoms with van der Waals surface area (Å²) in [5, 5.41) is 19.7. The number of carbonyl (C=O) groups excluding carboxylic acids is 1. The molecule has 1 N–H and O–H groups in total. The van der Waals surface area contributed by atoms with E-state index < -0.39 is 0 Å². The van der Waals surface area contributed by atoms with E-state index in [2.05, 4.69) is 21.5 Å². The van der Waals surface area contributed by atoms with Gasteiger partial charge in [0.1, 0.15) is 11.0 Å². The lowest BCUT2D eigenvalue weighted by Crippen LogP contribution is -2.41. The van der Waals surface area contributed by atoms with Crippen molar-refractivity contribution in [1.82, 2.24) is 20.3 Å². The molecule has 0 saturated carbocycles. The molecule has 0 radical (unpaired) electrons. The van der Waals surface area contributed by atoms with E-state index in [9.17, 15) is 4.79 Å². The number of nitrogens with one attached hydrogen (secondary N) is 1. The number of amides is 1. The van der Waals surface area contributed by atoms with Crippen molar-refractivity contribution in [3.8, 4) is 17.6 Å². The van der Waals surface area contributed by atoms with Crippen LogP contribution in [0.2, 0.25) is 0 Å².